The van der Waals surface area contributed by atoms with Gasteiger partial charge in [-0.3, -0.25) is 4.40 Å². The molecule has 3 rings (SSSR count). The lowest BCUT2D eigenvalue weighted by Crippen LogP contribution is -1.94. The largest absolute Gasteiger partial charge is 0.297 e. The van der Waals surface area contributed by atoms with Crippen molar-refractivity contribution in [3.63, 3.8) is 0 Å². The van der Waals surface area contributed by atoms with E-state index in [1.165, 1.54) is 24.8 Å². The van der Waals surface area contributed by atoms with Crippen molar-refractivity contribution >= 4 is 27.9 Å². The van der Waals surface area contributed by atoms with Gasteiger partial charge in [-0.2, -0.15) is 0 Å². The Labute approximate surface area is 110 Å². The van der Waals surface area contributed by atoms with Crippen molar-refractivity contribution in [2.24, 2.45) is 0 Å². The lowest BCUT2D eigenvalue weighted by atomic mass is 10.1. The van der Waals surface area contributed by atoms with E-state index < -0.39 is 0 Å². The van der Waals surface area contributed by atoms with E-state index in [4.69, 9.17) is 11.6 Å². The molecule has 0 amide bonds. The number of aromatic nitrogens is 2. The lowest BCUT2D eigenvalue weighted by molar-refractivity contribution is 0.709. The Kier molecular flexibility index (Phi) is 3.21. The Hall–Kier alpha value is -0.800. The van der Waals surface area contributed by atoms with Gasteiger partial charge in [-0.25, -0.2) is 4.98 Å². The fraction of sp³-hybridized carbons (Fsp3) is 0.462. The van der Waals surface area contributed by atoms with Gasteiger partial charge in [0.1, 0.15) is 0 Å². The predicted octanol–water partition coefficient (Wildman–Crippen LogP) is 4.05. The summed E-state index contributed by atoms with van der Waals surface area (Å²) in [5.74, 6) is 0. The van der Waals surface area contributed by atoms with Gasteiger partial charge in [-0.15, -0.1) is 22.9 Å². The highest BCUT2D eigenvalue weighted by atomic mass is 35.5. The number of thiazole rings is 1. The van der Waals surface area contributed by atoms with Crippen LogP contribution in [0.5, 0.6) is 0 Å². The molecule has 0 bridgehead atoms. The number of rotatable bonds is 2. The Morgan fingerprint density at radius 3 is 3.29 bits per heavy atom. The zero-order valence-electron chi connectivity index (χ0n) is 9.60. The summed E-state index contributed by atoms with van der Waals surface area (Å²) in [6.07, 6.45) is 12.2. The quantitative estimate of drug-likeness (QED) is 0.592. The molecule has 2 nitrogen and oxygen atoms in total. The minimum absolute atomic E-state index is 0.219. The van der Waals surface area contributed by atoms with Crippen LogP contribution in [0.15, 0.2) is 29.4 Å². The van der Waals surface area contributed by atoms with Gasteiger partial charge in [0.05, 0.1) is 11.1 Å². The molecule has 2 aromatic heterocycles. The first-order valence-electron chi connectivity index (χ1n) is 6.06. The SMILES string of the molecule is ClC1C=C(Cc2cn3ccsc3n2)CCCC1. The first kappa shape index (κ1) is 11.3. The van der Waals surface area contributed by atoms with E-state index in [0.717, 1.165) is 23.5 Å². The standard InChI is InChI=1S/C13H15ClN2S/c14-11-4-2-1-3-10(7-11)8-12-9-16-5-6-17-13(16)15-12/h5-7,9,11H,1-4,8H2. The number of allylic oxidation sites excluding steroid dienone is 2. The minimum Gasteiger partial charge on any atom is -0.297 e. The molecular weight excluding hydrogens is 252 g/mol. The molecule has 0 spiro atoms. The summed E-state index contributed by atoms with van der Waals surface area (Å²) in [7, 11) is 0. The summed E-state index contributed by atoms with van der Waals surface area (Å²) in [5, 5.41) is 2.28. The van der Waals surface area contributed by atoms with E-state index in [1.54, 1.807) is 11.3 Å². The van der Waals surface area contributed by atoms with Gasteiger partial charge in [-0.05, 0) is 19.3 Å². The van der Waals surface area contributed by atoms with Crippen LogP contribution in [0, 0.1) is 0 Å². The molecule has 0 N–H and O–H groups in total. The number of hydrogen-bond donors (Lipinski definition) is 0. The fourth-order valence-electron chi connectivity index (χ4n) is 2.36. The van der Waals surface area contributed by atoms with Crippen molar-refractivity contribution in [3.8, 4) is 0 Å². The van der Waals surface area contributed by atoms with Crippen LogP contribution in [0.2, 0.25) is 0 Å². The van der Waals surface area contributed by atoms with Crippen LogP contribution in [0.3, 0.4) is 0 Å². The van der Waals surface area contributed by atoms with Crippen molar-refractivity contribution in [2.75, 3.05) is 0 Å². The second-order valence-electron chi connectivity index (χ2n) is 4.59. The summed E-state index contributed by atoms with van der Waals surface area (Å²) in [4.78, 5) is 5.70. The highest BCUT2D eigenvalue weighted by Crippen LogP contribution is 2.24. The van der Waals surface area contributed by atoms with E-state index in [2.05, 4.69) is 33.2 Å². The van der Waals surface area contributed by atoms with Gasteiger partial charge in [0.2, 0.25) is 0 Å². The highest BCUT2D eigenvalue weighted by molar-refractivity contribution is 7.15. The Bertz CT molecular complexity index is 512. The van der Waals surface area contributed by atoms with E-state index in [9.17, 15) is 0 Å². The molecule has 1 unspecified atom stereocenters. The zero-order valence-corrected chi connectivity index (χ0v) is 11.2. The summed E-state index contributed by atoms with van der Waals surface area (Å²) in [5.41, 5.74) is 2.61. The first-order valence-corrected chi connectivity index (χ1v) is 7.37. The molecule has 17 heavy (non-hydrogen) atoms. The molecule has 0 aromatic carbocycles. The number of hydrogen-bond acceptors (Lipinski definition) is 2. The molecule has 0 saturated heterocycles. The average Bonchev–Trinajstić information content (AvgIpc) is 2.78. The number of halogens is 1. The van der Waals surface area contributed by atoms with Gasteiger partial charge in [0.25, 0.3) is 0 Å². The summed E-state index contributed by atoms with van der Waals surface area (Å²) >= 11 is 7.92. The average molecular weight is 267 g/mol. The molecule has 1 aliphatic carbocycles. The van der Waals surface area contributed by atoms with E-state index in [-0.39, 0.29) is 5.38 Å². The molecule has 0 radical (unpaired) electrons. The normalized spacial score (nSPS) is 21.5. The zero-order chi connectivity index (χ0) is 11.7. The predicted molar refractivity (Wildman–Crippen MR) is 73.0 cm³/mol. The molecule has 0 saturated carbocycles. The third-order valence-electron chi connectivity index (χ3n) is 3.20. The molecular formula is C13H15ClN2S. The maximum absolute atomic E-state index is 6.24. The molecule has 0 aliphatic heterocycles. The Morgan fingerprint density at radius 2 is 2.41 bits per heavy atom. The third-order valence-corrected chi connectivity index (χ3v) is 4.31. The van der Waals surface area contributed by atoms with E-state index in [1.807, 2.05) is 0 Å². The summed E-state index contributed by atoms with van der Waals surface area (Å²) in [6.45, 7) is 0. The lowest BCUT2D eigenvalue weighted by Gasteiger charge is -2.03. The van der Waals surface area contributed by atoms with Crippen LogP contribution in [-0.2, 0) is 6.42 Å². The Balaban J connectivity index is 1.79. The second-order valence-corrected chi connectivity index (χ2v) is 6.02. The first-order chi connectivity index (χ1) is 8.31. The van der Waals surface area contributed by atoms with Crippen molar-refractivity contribution in [1.82, 2.24) is 9.38 Å². The third kappa shape index (κ3) is 2.55. The monoisotopic (exact) mass is 266 g/mol. The molecule has 0 fully saturated rings. The van der Waals surface area contributed by atoms with Crippen molar-refractivity contribution in [3.05, 3.63) is 35.1 Å². The van der Waals surface area contributed by atoms with Crippen LogP contribution in [0.4, 0.5) is 0 Å². The highest BCUT2D eigenvalue weighted by Gasteiger charge is 2.11. The number of nitrogens with zero attached hydrogens (tertiary/aromatic N) is 2. The maximum atomic E-state index is 6.24. The summed E-state index contributed by atoms with van der Waals surface area (Å²) < 4.78 is 2.09. The molecule has 90 valence electrons. The van der Waals surface area contributed by atoms with Gasteiger partial charge in [0.15, 0.2) is 4.96 Å². The molecule has 4 heteroatoms. The van der Waals surface area contributed by atoms with Crippen LogP contribution in [0.25, 0.3) is 4.96 Å². The van der Waals surface area contributed by atoms with Crippen molar-refractivity contribution in [1.29, 1.82) is 0 Å². The number of imidazole rings is 1. The maximum Gasteiger partial charge on any atom is 0.193 e. The van der Waals surface area contributed by atoms with E-state index in [0.29, 0.717) is 0 Å². The van der Waals surface area contributed by atoms with Gasteiger partial charge < -0.3 is 0 Å². The van der Waals surface area contributed by atoms with Crippen LogP contribution in [0.1, 0.15) is 31.4 Å². The topological polar surface area (TPSA) is 17.3 Å². The van der Waals surface area contributed by atoms with Crippen molar-refractivity contribution in [2.45, 2.75) is 37.5 Å². The van der Waals surface area contributed by atoms with Crippen LogP contribution < -0.4 is 0 Å². The number of fused-ring (bicyclic) bond motifs is 1. The van der Waals surface area contributed by atoms with Crippen LogP contribution >= 0.6 is 22.9 Å². The smallest absolute Gasteiger partial charge is 0.193 e. The Morgan fingerprint density at radius 1 is 1.47 bits per heavy atom. The molecule has 2 aromatic rings. The minimum atomic E-state index is 0.219. The van der Waals surface area contributed by atoms with Crippen LogP contribution in [-0.4, -0.2) is 14.8 Å². The molecule has 2 heterocycles. The van der Waals surface area contributed by atoms with Gasteiger partial charge >= 0.3 is 0 Å². The summed E-state index contributed by atoms with van der Waals surface area (Å²) in [6, 6.07) is 0. The molecule has 1 aliphatic rings. The fourth-order valence-corrected chi connectivity index (χ4v) is 3.41. The van der Waals surface area contributed by atoms with Gasteiger partial charge in [-0.1, -0.05) is 18.1 Å². The molecule has 1 atom stereocenters. The number of alkyl halides is 1. The van der Waals surface area contributed by atoms with Gasteiger partial charge in [0, 0.05) is 24.2 Å². The second kappa shape index (κ2) is 4.83. The van der Waals surface area contributed by atoms with E-state index >= 15 is 0 Å². The van der Waals surface area contributed by atoms with Crippen molar-refractivity contribution < 1.29 is 0 Å².